The monoisotopic (exact) mass is 372 g/mol. The van der Waals surface area contributed by atoms with E-state index in [4.69, 9.17) is 12.2 Å². The van der Waals surface area contributed by atoms with Crippen molar-refractivity contribution in [1.29, 1.82) is 0 Å². The molecule has 0 saturated heterocycles. The van der Waals surface area contributed by atoms with Crippen LogP contribution in [0.15, 0.2) is 41.8 Å². The summed E-state index contributed by atoms with van der Waals surface area (Å²) in [6, 6.07) is 12.2. The van der Waals surface area contributed by atoms with Crippen molar-refractivity contribution in [1.82, 2.24) is 20.1 Å². The van der Waals surface area contributed by atoms with E-state index in [2.05, 4.69) is 46.7 Å². The Balaban J connectivity index is 1.70. The predicted octanol–water partition coefficient (Wildman–Crippen LogP) is 4.11. The van der Waals surface area contributed by atoms with Gasteiger partial charge in [-0.1, -0.05) is 37.3 Å². The van der Waals surface area contributed by atoms with Gasteiger partial charge in [0.25, 0.3) is 0 Å². The van der Waals surface area contributed by atoms with Crippen molar-refractivity contribution >= 4 is 29.5 Å². The number of hydrogen-bond acceptors (Lipinski definition) is 4. The lowest BCUT2D eigenvalue weighted by molar-refractivity contribution is -0.122. The van der Waals surface area contributed by atoms with E-state index < -0.39 is 0 Å². The standard InChI is InChI=1S/C18H20N4OS2/c1-3-13-6-8-14(9-7-13)12(2)19-16(23)11-22-17(20-21-18(22)24)15-5-4-10-25-15/h4-10,12H,3,11H2,1-2H3,(H,19,23)(H,21,24). The quantitative estimate of drug-likeness (QED) is 0.640. The van der Waals surface area contributed by atoms with Gasteiger partial charge in [-0.3, -0.25) is 14.5 Å². The summed E-state index contributed by atoms with van der Waals surface area (Å²) in [7, 11) is 0. The Bertz CT molecular complexity index is 894. The summed E-state index contributed by atoms with van der Waals surface area (Å²) in [6.07, 6.45) is 1.01. The van der Waals surface area contributed by atoms with Crippen LogP contribution in [0.4, 0.5) is 0 Å². The van der Waals surface area contributed by atoms with Gasteiger partial charge in [-0.05, 0) is 48.1 Å². The number of carbonyl (C=O) groups is 1. The molecule has 0 radical (unpaired) electrons. The first-order valence-corrected chi connectivity index (χ1v) is 9.44. The highest BCUT2D eigenvalue weighted by Gasteiger charge is 2.15. The molecule has 130 valence electrons. The van der Waals surface area contributed by atoms with Gasteiger partial charge in [-0.25, -0.2) is 0 Å². The lowest BCUT2D eigenvalue weighted by Gasteiger charge is -2.15. The lowest BCUT2D eigenvalue weighted by atomic mass is 10.1. The van der Waals surface area contributed by atoms with Gasteiger partial charge in [0.1, 0.15) is 6.54 Å². The number of aromatic nitrogens is 3. The molecule has 1 atom stereocenters. The second kappa shape index (κ2) is 7.76. The zero-order chi connectivity index (χ0) is 17.8. The Morgan fingerprint density at radius 2 is 2.12 bits per heavy atom. The van der Waals surface area contributed by atoms with Gasteiger partial charge < -0.3 is 5.32 Å². The van der Waals surface area contributed by atoms with Crippen LogP contribution in [-0.2, 0) is 17.8 Å². The van der Waals surface area contributed by atoms with E-state index in [0.717, 1.165) is 16.9 Å². The molecule has 7 heteroatoms. The molecule has 2 aromatic heterocycles. The molecule has 1 aromatic carbocycles. The fourth-order valence-electron chi connectivity index (χ4n) is 2.61. The number of benzene rings is 1. The second-order valence-corrected chi connectivity index (χ2v) is 7.13. The molecule has 1 unspecified atom stereocenters. The average Bonchev–Trinajstić information content (AvgIpc) is 3.25. The third-order valence-corrected chi connectivity index (χ3v) is 5.24. The summed E-state index contributed by atoms with van der Waals surface area (Å²) >= 11 is 6.83. The van der Waals surface area contributed by atoms with Crippen LogP contribution in [0, 0.1) is 4.77 Å². The van der Waals surface area contributed by atoms with Gasteiger partial charge in [0.2, 0.25) is 5.91 Å². The number of nitrogens with one attached hydrogen (secondary N) is 2. The number of rotatable bonds is 6. The maximum absolute atomic E-state index is 12.5. The summed E-state index contributed by atoms with van der Waals surface area (Å²) in [4.78, 5) is 13.5. The highest BCUT2D eigenvalue weighted by atomic mass is 32.1. The van der Waals surface area contributed by atoms with Crippen molar-refractivity contribution in [3.63, 3.8) is 0 Å². The smallest absolute Gasteiger partial charge is 0.240 e. The molecule has 25 heavy (non-hydrogen) atoms. The molecular weight excluding hydrogens is 352 g/mol. The van der Waals surface area contributed by atoms with E-state index in [1.165, 1.54) is 5.56 Å². The van der Waals surface area contributed by atoms with Crippen molar-refractivity contribution in [3.8, 4) is 10.7 Å². The second-order valence-electron chi connectivity index (χ2n) is 5.80. The Labute approximate surface area is 155 Å². The third kappa shape index (κ3) is 4.05. The maximum Gasteiger partial charge on any atom is 0.240 e. The molecule has 0 aliphatic carbocycles. The molecule has 0 spiro atoms. The van der Waals surface area contributed by atoms with Gasteiger partial charge in [0, 0.05) is 0 Å². The van der Waals surface area contributed by atoms with Crippen molar-refractivity contribution < 1.29 is 4.79 Å². The number of carbonyl (C=O) groups excluding carboxylic acids is 1. The molecule has 0 aliphatic rings. The van der Waals surface area contributed by atoms with E-state index in [1.807, 2.05) is 24.4 Å². The minimum absolute atomic E-state index is 0.0651. The number of hydrogen-bond donors (Lipinski definition) is 2. The number of thiophene rings is 1. The molecule has 1 amide bonds. The molecule has 2 heterocycles. The Morgan fingerprint density at radius 3 is 2.76 bits per heavy atom. The summed E-state index contributed by atoms with van der Waals surface area (Å²) in [5, 5.41) is 12.0. The van der Waals surface area contributed by atoms with Crippen LogP contribution in [-0.4, -0.2) is 20.7 Å². The largest absolute Gasteiger partial charge is 0.348 e. The lowest BCUT2D eigenvalue weighted by Crippen LogP contribution is -2.30. The minimum Gasteiger partial charge on any atom is -0.348 e. The Kier molecular flexibility index (Phi) is 5.45. The van der Waals surface area contributed by atoms with E-state index in [-0.39, 0.29) is 18.5 Å². The number of aryl methyl sites for hydroxylation is 1. The Morgan fingerprint density at radius 1 is 1.36 bits per heavy atom. The molecular formula is C18H20N4OS2. The molecule has 3 rings (SSSR count). The zero-order valence-corrected chi connectivity index (χ0v) is 15.8. The fraction of sp³-hybridized carbons (Fsp3) is 0.278. The van der Waals surface area contributed by atoms with Crippen LogP contribution in [0.3, 0.4) is 0 Å². The zero-order valence-electron chi connectivity index (χ0n) is 14.2. The van der Waals surface area contributed by atoms with Crippen LogP contribution in [0.25, 0.3) is 10.7 Å². The SMILES string of the molecule is CCc1ccc(C(C)NC(=O)Cn2c(-c3cccs3)n[nH]c2=S)cc1. The molecule has 0 saturated carbocycles. The first-order chi connectivity index (χ1) is 12.1. The van der Waals surface area contributed by atoms with Crippen molar-refractivity contribution in [3.05, 3.63) is 57.7 Å². The summed E-state index contributed by atoms with van der Waals surface area (Å²) < 4.78 is 2.17. The molecule has 2 N–H and O–H groups in total. The van der Waals surface area contributed by atoms with Crippen molar-refractivity contribution in [2.75, 3.05) is 0 Å². The average molecular weight is 373 g/mol. The third-order valence-electron chi connectivity index (χ3n) is 4.07. The number of amides is 1. The predicted molar refractivity (Wildman–Crippen MR) is 103 cm³/mol. The van der Waals surface area contributed by atoms with Crippen molar-refractivity contribution in [2.24, 2.45) is 0 Å². The van der Waals surface area contributed by atoms with E-state index in [0.29, 0.717) is 10.6 Å². The minimum atomic E-state index is -0.0950. The molecule has 5 nitrogen and oxygen atoms in total. The molecule has 3 aromatic rings. The number of H-pyrrole nitrogens is 1. The first kappa shape index (κ1) is 17.6. The van der Waals surface area contributed by atoms with Crippen LogP contribution >= 0.6 is 23.6 Å². The van der Waals surface area contributed by atoms with Gasteiger partial charge in [0.15, 0.2) is 10.6 Å². The first-order valence-electron chi connectivity index (χ1n) is 8.15. The summed E-state index contributed by atoms with van der Waals surface area (Å²) in [5.74, 6) is 0.595. The number of nitrogens with zero attached hydrogens (tertiary/aromatic N) is 2. The van der Waals surface area contributed by atoms with Crippen LogP contribution in [0.1, 0.15) is 31.0 Å². The van der Waals surface area contributed by atoms with E-state index in [1.54, 1.807) is 15.9 Å². The molecule has 0 aliphatic heterocycles. The van der Waals surface area contributed by atoms with Gasteiger partial charge in [-0.2, -0.15) is 5.10 Å². The van der Waals surface area contributed by atoms with Crippen LogP contribution < -0.4 is 5.32 Å². The van der Waals surface area contributed by atoms with E-state index >= 15 is 0 Å². The van der Waals surface area contributed by atoms with Gasteiger partial charge >= 0.3 is 0 Å². The Hall–Kier alpha value is -2.25. The molecule has 0 fully saturated rings. The van der Waals surface area contributed by atoms with Crippen molar-refractivity contribution in [2.45, 2.75) is 32.9 Å². The molecule has 0 bridgehead atoms. The van der Waals surface area contributed by atoms with Crippen LogP contribution in [0.5, 0.6) is 0 Å². The van der Waals surface area contributed by atoms with Gasteiger partial charge in [0.05, 0.1) is 10.9 Å². The van der Waals surface area contributed by atoms with E-state index in [9.17, 15) is 4.79 Å². The van der Waals surface area contributed by atoms with Gasteiger partial charge in [-0.15, -0.1) is 11.3 Å². The maximum atomic E-state index is 12.5. The fourth-order valence-corrected chi connectivity index (χ4v) is 3.53. The normalized spacial score (nSPS) is 12.1. The topological polar surface area (TPSA) is 62.7 Å². The summed E-state index contributed by atoms with van der Waals surface area (Å²) in [5.41, 5.74) is 2.37. The van der Waals surface area contributed by atoms with Crippen LogP contribution in [0.2, 0.25) is 0 Å². The highest BCUT2D eigenvalue weighted by Crippen LogP contribution is 2.22. The number of aromatic amines is 1. The highest BCUT2D eigenvalue weighted by molar-refractivity contribution is 7.71. The summed E-state index contributed by atoms with van der Waals surface area (Å²) in [6.45, 7) is 4.24.